The summed E-state index contributed by atoms with van der Waals surface area (Å²) in [5.41, 5.74) is 1.37. The Bertz CT molecular complexity index is 406. The van der Waals surface area contributed by atoms with Crippen LogP contribution < -0.4 is 10.1 Å². The summed E-state index contributed by atoms with van der Waals surface area (Å²) in [6.45, 7) is 1.02. The third-order valence-corrected chi connectivity index (χ3v) is 4.66. The molecule has 90 valence electrons. The highest BCUT2D eigenvalue weighted by Crippen LogP contribution is 2.51. The van der Waals surface area contributed by atoms with E-state index in [1.54, 1.807) is 0 Å². The van der Waals surface area contributed by atoms with Gasteiger partial charge in [0.2, 0.25) is 0 Å². The molecular weight excluding hydrogens is 210 g/mol. The number of ether oxygens (including phenoxy) is 1. The topological polar surface area (TPSA) is 21.3 Å². The zero-order valence-corrected chi connectivity index (χ0v) is 10.1. The molecule has 2 nitrogen and oxygen atoms in total. The second-order valence-corrected chi connectivity index (χ2v) is 5.80. The van der Waals surface area contributed by atoms with Crippen molar-refractivity contribution < 1.29 is 4.74 Å². The van der Waals surface area contributed by atoms with Gasteiger partial charge in [0.15, 0.2) is 0 Å². The summed E-state index contributed by atoms with van der Waals surface area (Å²) in [4.78, 5) is 0. The van der Waals surface area contributed by atoms with Gasteiger partial charge < -0.3 is 10.1 Å². The first-order valence-corrected chi connectivity index (χ1v) is 6.88. The van der Waals surface area contributed by atoms with Crippen LogP contribution in [0.25, 0.3) is 0 Å². The van der Waals surface area contributed by atoms with Crippen molar-refractivity contribution in [3.63, 3.8) is 0 Å². The van der Waals surface area contributed by atoms with E-state index in [1.165, 1.54) is 24.8 Å². The van der Waals surface area contributed by atoms with Crippen molar-refractivity contribution >= 4 is 0 Å². The molecule has 2 aliphatic carbocycles. The van der Waals surface area contributed by atoms with Gasteiger partial charge in [0.1, 0.15) is 11.9 Å². The van der Waals surface area contributed by atoms with E-state index in [1.807, 2.05) is 0 Å². The van der Waals surface area contributed by atoms with Gasteiger partial charge in [0, 0.05) is 19.0 Å². The Kier molecular flexibility index (Phi) is 2.19. The minimum Gasteiger partial charge on any atom is -0.488 e. The van der Waals surface area contributed by atoms with E-state index < -0.39 is 0 Å². The van der Waals surface area contributed by atoms with E-state index in [-0.39, 0.29) is 0 Å². The highest BCUT2D eigenvalue weighted by atomic mass is 16.5. The van der Waals surface area contributed by atoms with E-state index in [2.05, 4.69) is 29.6 Å². The van der Waals surface area contributed by atoms with Gasteiger partial charge in [-0.2, -0.15) is 0 Å². The molecule has 1 aliphatic heterocycles. The van der Waals surface area contributed by atoms with Crippen molar-refractivity contribution in [2.75, 3.05) is 6.54 Å². The lowest BCUT2D eigenvalue weighted by atomic mass is 10.1. The average molecular weight is 229 g/mol. The Hall–Kier alpha value is -1.02. The highest BCUT2D eigenvalue weighted by Gasteiger charge is 2.47. The molecule has 2 heteroatoms. The first-order valence-electron chi connectivity index (χ1n) is 6.88. The Labute approximate surface area is 102 Å². The second-order valence-electron chi connectivity index (χ2n) is 5.80. The van der Waals surface area contributed by atoms with Crippen molar-refractivity contribution in [2.45, 2.75) is 37.8 Å². The Morgan fingerprint density at radius 2 is 2.18 bits per heavy atom. The summed E-state index contributed by atoms with van der Waals surface area (Å²) in [7, 11) is 0. The molecule has 0 saturated heterocycles. The zero-order valence-electron chi connectivity index (χ0n) is 10.1. The maximum atomic E-state index is 5.95. The third kappa shape index (κ3) is 1.75. The molecule has 1 aromatic carbocycles. The van der Waals surface area contributed by atoms with Crippen molar-refractivity contribution in [1.82, 2.24) is 5.32 Å². The fraction of sp³-hybridized carbons (Fsp3) is 0.600. The molecule has 1 aromatic rings. The van der Waals surface area contributed by atoms with E-state index >= 15 is 0 Å². The van der Waals surface area contributed by atoms with Gasteiger partial charge in [0.05, 0.1) is 0 Å². The number of fused-ring (bicyclic) bond motifs is 2. The Morgan fingerprint density at radius 1 is 1.24 bits per heavy atom. The standard InChI is InChI=1S/C15H19NO/c1-2-4-15-11(3-1)7-12(17-15)9-16-14-6-5-10-8-13(10)14/h1-4,10,12-14,16H,5-9H2/t10-,12?,13+,14?/m0/s1. The maximum absolute atomic E-state index is 5.95. The minimum atomic E-state index is 0.352. The Balaban J connectivity index is 1.33. The highest BCUT2D eigenvalue weighted by molar-refractivity contribution is 5.37. The molecular formula is C15H19NO. The van der Waals surface area contributed by atoms with Crippen LogP contribution in [0, 0.1) is 11.8 Å². The van der Waals surface area contributed by atoms with Crippen LogP contribution in [0.4, 0.5) is 0 Å². The van der Waals surface area contributed by atoms with Gasteiger partial charge in [-0.15, -0.1) is 0 Å². The van der Waals surface area contributed by atoms with Crippen LogP contribution in [-0.2, 0) is 6.42 Å². The number of rotatable bonds is 3. The third-order valence-electron chi connectivity index (χ3n) is 4.66. The largest absolute Gasteiger partial charge is 0.488 e. The number of nitrogens with one attached hydrogen (secondary N) is 1. The smallest absolute Gasteiger partial charge is 0.123 e. The zero-order chi connectivity index (χ0) is 11.2. The van der Waals surface area contributed by atoms with Crippen molar-refractivity contribution in [3.05, 3.63) is 29.8 Å². The second kappa shape index (κ2) is 3.74. The van der Waals surface area contributed by atoms with Gasteiger partial charge >= 0.3 is 0 Å². The average Bonchev–Trinajstić information content (AvgIpc) is 2.85. The Morgan fingerprint density at radius 3 is 2.94 bits per heavy atom. The predicted octanol–water partition coefficient (Wildman–Crippen LogP) is 2.38. The molecule has 0 bridgehead atoms. The quantitative estimate of drug-likeness (QED) is 0.859. The number of hydrogen-bond acceptors (Lipinski definition) is 2. The summed E-state index contributed by atoms with van der Waals surface area (Å²) in [6, 6.07) is 9.21. The van der Waals surface area contributed by atoms with Gasteiger partial charge in [-0.25, -0.2) is 0 Å². The van der Waals surface area contributed by atoms with Gasteiger partial charge in [-0.3, -0.25) is 0 Å². The summed E-state index contributed by atoms with van der Waals surface area (Å²) in [5, 5.41) is 3.72. The lowest BCUT2D eigenvalue weighted by Gasteiger charge is -2.17. The summed E-state index contributed by atoms with van der Waals surface area (Å²) in [6.07, 6.45) is 5.74. The van der Waals surface area contributed by atoms with E-state index in [4.69, 9.17) is 4.74 Å². The molecule has 2 unspecified atom stereocenters. The van der Waals surface area contributed by atoms with Crippen LogP contribution in [0.15, 0.2) is 24.3 Å². The molecule has 2 saturated carbocycles. The molecule has 0 amide bonds. The summed E-state index contributed by atoms with van der Waals surface area (Å²) in [5.74, 6) is 3.16. The lowest BCUT2D eigenvalue weighted by Crippen LogP contribution is -2.37. The first-order chi connectivity index (χ1) is 8.40. The molecule has 4 atom stereocenters. The first kappa shape index (κ1) is 9.95. The van der Waals surface area contributed by atoms with Gasteiger partial charge in [-0.1, -0.05) is 18.2 Å². The summed E-state index contributed by atoms with van der Waals surface area (Å²) >= 11 is 0. The van der Waals surface area contributed by atoms with Gasteiger partial charge in [-0.05, 0) is 42.7 Å². The molecule has 17 heavy (non-hydrogen) atoms. The molecule has 0 spiro atoms. The van der Waals surface area contributed by atoms with E-state index in [0.29, 0.717) is 6.10 Å². The monoisotopic (exact) mass is 229 g/mol. The molecule has 0 radical (unpaired) electrons. The van der Waals surface area contributed by atoms with E-state index in [9.17, 15) is 0 Å². The van der Waals surface area contributed by atoms with E-state index in [0.717, 1.165) is 36.6 Å². The van der Waals surface area contributed by atoms with Gasteiger partial charge in [0.25, 0.3) is 0 Å². The van der Waals surface area contributed by atoms with Crippen LogP contribution in [0.3, 0.4) is 0 Å². The van der Waals surface area contributed by atoms with Crippen LogP contribution in [-0.4, -0.2) is 18.7 Å². The van der Waals surface area contributed by atoms with Crippen molar-refractivity contribution in [1.29, 1.82) is 0 Å². The normalized spacial score (nSPS) is 37.4. The minimum absolute atomic E-state index is 0.352. The van der Waals surface area contributed by atoms with Crippen LogP contribution in [0.2, 0.25) is 0 Å². The molecule has 2 fully saturated rings. The molecule has 3 aliphatic rings. The van der Waals surface area contributed by atoms with Crippen molar-refractivity contribution in [2.24, 2.45) is 11.8 Å². The van der Waals surface area contributed by atoms with Crippen LogP contribution >= 0.6 is 0 Å². The number of para-hydroxylation sites is 1. The van der Waals surface area contributed by atoms with Crippen LogP contribution in [0.5, 0.6) is 5.75 Å². The SMILES string of the molecule is c1ccc2c(c1)CC(CNC1CC[C@H]3C[C@@H]13)O2. The molecule has 1 N–H and O–H groups in total. The molecule has 0 aromatic heterocycles. The van der Waals surface area contributed by atoms with Crippen molar-refractivity contribution in [3.8, 4) is 5.75 Å². The summed E-state index contributed by atoms with van der Waals surface area (Å²) < 4.78 is 5.95. The fourth-order valence-corrected chi connectivity index (χ4v) is 3.61. The number of benzene rings is 1. The number of hydrogen-bond donors (Lipinski definition) is 1. The lowest BCUT2D eigenvalue weighted by molar-refractivity contribution is 0.219. The maximum Gasteiger partial charge on any atom is 0.123 e. The fourth-order valence-electron chi connectivity index (χ4n) is 3.61. The molecule has 1 heterocycles. The predicted molar refractivity (Wildman–Crippen MR) is 67.2 cm³/mol. The molecule has 4 rings (SSSR count). The van der Waals surface area contributed by atoms with Crippen LogP contribution in [0.1, 0.15) is 24.8 Å².